The van der Waals surface area contributed by atoms with E-state index in [2.05, 4.69) is 13.8 Å². The standard InChI is InChI=1S/C24H26FO2P/c1-4-24(2,28-23-13-9-8-12-21(23)25)20-16-19(26-3)14-15-22(20)27-17-18-10-6-5-7-11-18/h5-16,28H,4,17H2,1-3H3. The summed E-state index contributed by atoms with van der Waals surface area (Å²) in [4.78, 5) is 0. The maximum absolute atomic E-state index is 14.3. The number of methoxy groups -OCH3 is 1. The highest BCUT2D eigenvalue weighted by Gasteiger charge is 2.30. The summed E-state index contributed by atoms with van der Waals surface area (Å²) in [5, 5.41) is 0.478. The second-order valence-electron chi connectivity index (χ2n) is 6.93. The second-order valence-corrected chi connectivity index (χ2v) is 8.82. The van der Waals surface area contributed by atoms with E-state index in [1.54, 1.807) is 13.2 Å². The molecule has 3 rings (SSSR count). The second kappa shape index (κ2) is 9.21. The topological polar surface area (TPSA) is 18.5 Å². The Kier molecular flexibility index (Phi) is 6.70. The van der Waals surface area contributed by atoms with Crippen LogP contribution in [0.15, 0.2) is 72.8 Å². The summed E-state index contributed by atoms with van der Waals surface area (Å²) in [7, 11) is 1.94. The quantitative estimate of drug-likeness (QED) is 0.432. The van der Waals surface area contributed by atoms with Crippen molar-refractivity contribution in [1.29, 1.82) is 0 Å². The smallest absolute Gasteiger partial charge is 0.130 e. The molecule has 2 nitrogen and oxygen atoms in total. The summed E-state index contributed by atoms with van der Waals surface area (Å²) in [6.07, 6.45) is 0.856. The molecule has 0 aliphatic carbocycles. The van der Waals surface area contributed by atoms with Gasteiger partial charge in [0.05, 0.1) is 7.11 Å². The van der Waals surface area contributed by atoms with Crippen LogP contribution in [0, 0.1) is 5.82 Å². The lowest BCUT2D eigenvalue weighted by molar-refractivity contribution is 0.299. The van der Waals surface area contributed by atoms with Crippen molar-refractivity contribution in [2.24, 2.45) is 0 Å². The van der Waals surface area contributed by atoms with Crippen LogP contribution in [0.3, 0.4) is 0 Å². The monoisotopic (exact) mass is 396 g/mol. The Morgan fingerprint density at radius 2 is 1.68 bits per heavy atom. The van der Waals surface area contributed by atoms with Crippen molar-refractivity contribution in [2.45, 2.75) is 32.0 Å². The normalized spacial score (nSPS) is 13.4. The van der Waals surface area contributed by atoms with Crippen molar-refractivity contribution in [1.82, 2.24) is 0 Å². The summed E-state index contributed by atoms with van der Waals surface area (Å²) in [5.41, 5.74) is 2.16. The molecule has 0 fully saturated rings. The molecule has 0 aliphatic heterocycles. The van der Waals surface area contributed by atoms with Crippen molar-refractivity contribution in [3.8, 4) is 11.5 Å². The molecule has 2 atom stereocenters. The summed E-state index contributed by atoms with van der Waals surface area (Å²) < 4.78 is 26.0. The predicted octanol–water partition coefficient (Wildman–Crippen LogP) is 6.04. The summed E-state index contributed by atoms with van der Waals surface area (Å²) in [6, 6.07) is 23.0. The van der Waals surface area contributed by atoms with Crippen molar-refractivity contribution < 1.29 is 13.9 Å². The van der Waals surface area contributed by atoms with E-state index in [1.165, 1.54) is 6.07 Å². The van der Waals surface area contributed by atoms with E-state index < -0.39 is 0 Å². The van der Waals surface area contributed by atoms with Gasteiger partial charge in [0.2, 0.25) is 0 Å². The number of benzene rings is 3. The van der Waals surface area contributed by atoms with Gasteiger partial charge in [0, 0.05) is 16.0 Å². The van der Waals surface area contributed by atoms with E-state index in [9.17, 15) is 4.39 Å². The lowest BCUT2D eigenvalue weighted by atomic mass is 9.96. The Hall–Kier alpha value is -2.38. The molecule has 3 aromatic rings. The van der Waals surface area contributed by atoms with Crippen molar-refractivity contribution >= 4 is 13.9 Å². The number of halogens is 1. The maximum atomic E-state index is 14.3. The molecule has 0 radical (unpaired) electrons. The third-order valence-corrected chi connectivity index (χ3v) is 6.86. The van der Waals surface area contributed by atoms with Crippen LogP contribution >= 0.6 is 8.58 Å². The van der Waals surface area contributed by atoms with E-state index in [0.29, 0.717) is 6.61 Å². The minimum Gasteiger partial charge on any atom is -0.497 e. The average Bonchev–Trinajstić information content (AvgIpc) is 2.74. The molecule has 0 saturated carbocycles. The first-order chi connectivity index (χ1) is 13.6. The maximum Gasteiger partial charge on any atom is 0.130 e. The summed E-state index contributed by atoms with van der Waals surface area (Å²) in [5.74, 6) is 1.44. The van der Waals surface area contributed by atoms with Gasteiger partial charge in [-0.1, -0.05) is 71.0 Å². The van der Waals surface area contributed by atoms with E-state index in [1.807, 2.05) is 60.7 Å². The number of rotatable bonds is 8. The van der Waals surface area contributed by atoms with Gasteiger partial charge >= 0.3 is 0 Å². The van der Waals surface area contributed by atoms with Gasteiger partial charge in [-0.25, -0.2) is 4.39 Å². The largest absolute Gasteiger partial charge is 0.497 e. The Morgan fingerprint density at radius 3 is 2.36 bits per heavy atom. The fraction of sp³-hybridized carbons (Fsp3) is 0.250. The average molecular weight is 396 g/mol. The van der Waals surface area contributed by atoms with Gasteiger partial charge in [-0.05, 0) is 36.2 Å². The highest BCUT2D eigenvalue weighted by Crippen LogP contribution is 2.48. The lowest BCUT2D eigenvalue weighted by Gasteiger charge is -2.31. The van der Waals surface area contributed by atoms with Crippen LogP contribution in [0.1, 0.15) is 31.4 Å². The van der Waals surface area contributed by atoms with Gasteiger partial charge in [-0.3, -0.25) is 0 Å². The van der Waals surface area contributed by atoms with Gasteiger partial charge in [0.1, 0.15) is 23.9 Å². The zero-order chi connectivity index (χ0) is 20.0. The van der Waals surface area contributed by atoms with Crippen LogP contribution in [0.25, 0.3) is 0 Å². The van der Waals surface area contributed by atoms with Gasteiger partial charge in [-0.2, -0.15) is 0 Å². The molecule has 0 bridgehead atoms. The zero-order valence-electron chi connectivity index (χ0n) is 16.5. The predicted molar refractivity (Wildman–Crippen MR) is 116 cm³/mol. The van der Waals surface area contributed by atoms with E-state index in [-0.39, 0.29) is 19.6 Å². The SMILES string of the molecule is CCC(C)(Pc1ccccc1F)c1cc(OC)ccc1OCc1ccccc1. The molecule has 3 aromatic carbocycles. The fourth-order valence-corrected chi connectivity index (χ4v) is 4.62. The van der Waals surface area contributed by atoms with Gasteiger partial charge in [0.15, 0.2) is 0 Å². The van der Waals surface area contributed by atoms with Gasteiger partial charge in [0.25, 0.3) is 0 Å². The molecule has 0 amide bonds. The Morgan fingerprint density at radius 1 is 0.964 bits per heavy atom. The zero-order valence-corrected chi connectivity index (χ0v) is 17.5. The molecule has 28 heavy (non-hydrogen) atoms. The molecule has 146 valence electrons. The molecule has 4 heteroatoms. The van der Waals surface area contributed by atoms with Gasteiger partial charge < -0.3 is 9.47 Å². The Bertz CT molecular complexity index is 913. The lowest BCUT2D eigenvalue weighted by Crippen LogP contribution is -2.21. The molecule has 0 saturated heterocycles. The summed E-state index contributed by atoms with van der Waals surface area (Å²) in [6.45, 7) is 4.79. The number of hydrogen-bond donors (Lipinski definition) is 0. The highest BCUT2D eigenvalue weighted by molar-refractivity contribution is 7.48. The van der Waals surface area contributed by atoms with E-state index >= 15 is 0 Å². The van der Waals surface area contributed by atoms with Crippen LogP contribution in [-0.4, -0.2) is 7.11 Å². The minimum absolute atomic E-state index is 0.157. The van der Waals surface area contributed by atoms with Gasteiger partial charge in [-0.15, -0.1) is 0 Å². The minimum atomic E-state index is -0.261. The van der Waals surface area contributed by atoms with Crippen molar-refractivity contribution in [2.75, 3.05) is 7.11 Å². The molecule has 2 unspecified atom stereocenters. The van der Waals surface area contributed by atoms with Crippen molar-refractivity contribution in [3.63, 3.8) is 0 Å². The number of hydrogen-bond acceptors (Lipinski definition) is 2. The van der Waals surface area contributed by atoms with Crippen molar-refractivity contribution in [3.05, 3.63) is 89.7 Å². The number of ether oxygens (including phenoxy) is 2. The fourth-order valence-electron chi connectivity index (χ4n) is 3.13. The molecule has 0 aromatic heterocycles. The first kappa shape index (κ1) is 20.4. The highest BCUT2D eigenvalue weighted by atomic mass is 31.1. The third kappa shape index (κ3) is 4.72. The van der Waals surface area contributed by atoms with Crippen LogP contribution < -0.4 is 14.8 Å². The van der Waals surface area contributed by atoms with E-state index in [4.69, 9.17) is 9.47 Å². The van der Waals surface area contributed by atoms with Crippen LogP contribution in [0.2, 0.25) is 0 Å². The Balaban J connectivity index is 1.95. The Labute approximate surface area is 168 Å². The molecule has 0 spiro atoms. The summed E-state index contributed by atoms with van der Waals surface area (Å²) >= 11 is 0. The molecular weight excluding hydrogens is 370 g/mol. The van der Waals surface area contributed by atoms with Crippen LogP contribution in [-0.2, 0) is 11.8 Å². The first-order valence-corrected chi connectivity index (χ1v) is 10.4. The first-order valence-electron chi connectivity index (χ1n) is 9.43. The van der Waals surface area contributed by atoms with Crippen LogP contribution in [0.4, 0.5) is 4.39 Å². The molecule has 0 N–H and O–H groups in total. The molecule has 0 aliphatic rings. The molecule has 0 heterocycles. The third-order valence-electron chi connectivity index (χ3n) is 5.01. The van der Waals surface area contributed by atoms with E-state index in [0.717, 1.165) is 34.4 Å². The molecular formula is C24H26FO2P. The van der Waals surface area contributed by atoms with Crippen LogP contribution in [0.5, 0.6) is 11.5 Å².